The largest absolute Gasteiger partial charge is 0.456 e. The van der Waals surface area contributed by atoms with Crippen molar-refractivity contribution >= 4 is 65.3 Å². The Kier molecular flexibility index (Phi) is 7.16. The molecule has 58 heavy (non-hydrogen) atoms. The number of rotatable bonds is 5. The first-order valence-electron chi connectivity index (χ1n) is 19.5. The number of furan rings is 1. The van der Waals surface area contributed by atoms with Gasteiger partial charge in [-0.05, 0) is 74.1 Å². The Morgan fingerprint density at radius 1 is 0.345 bits per heavy atom. The summed E-state index contributed by atoms with van der Waals surface area (Å²) in [6.07, 6.45) is 0. The average molecular weight is 741 g/mol. The lowest BCUT2D eigenvalue weighted by Crippen LogP contribution is -2.07. The molecule has 3 aromatic heterocycles. The fourth-order valence-electron chi connectivity index (χ4n) is 8.76. The molecule has 9 aromatic carbocycles. The van der Waals surface area contributed by atoms with Gasteiger partial charge in [-0.1, -0.05) is 164 Å². The number of fused-ring (bicyclic) bond motifs is 9. The van der Waals surface area contributed by atoms with Crippen molar-refractivity contribution in [1.29, 1.82) is 0 Å². The second kappa shape index (κ2) is 12.8. The Bertz CT molecular complexity index is 3560. The number of aromatic nitrogens is 4. The molecule has 0 unspecified atom stereocenters. The molecule has 0 N–H and O–H groups in total. The highest BCUT2D eigenvalue weighted by atomic mass is 16.3. The molecular weight excluding hydrogens is 709 g/mol. The van der Waals surface area contributed by atoms with Crippen molar-refractivity contribution in [3.8, 4) is 51.0 Å². The molecule has 0 fully saturated rings. The molecule has 270 valence electrons. The topological polar surface area (TPSA) is 56.7 Å². The van der Waals surface area contributed by atoms with Crippen LogP contribution in [0.1, 0.15) is 0 Å². The van der Waals surface area contributed by atoms with Gasteiger partial charge in [0.2, 0.25) is 5.95 Å². The third-order valence-corrected chi connectivity index (χ3v) is 11.5. The van der Waals surface area contributed by atoms with E-state index >= 15 is 0 Å². The van der Waals surface area contributed by atoms with Crippen molar-refractivity contribution in [3.63, 3.8) is 0 Å². The zero-order valence-electron chi connectivity index (χ0n) is 31.2. The lowest BCUT2D eigenvalue weighted by molar-refractivity contribution is 0.669. The van der Waals surface area contributed by atoms with Gasteiger partial charge in [0.05, 0.1) is 11.0 Å². The van der Waals surface area contributed by atoms with Crippen LogP contribution in [0.5, 0.6) is 0 Å². The lowest BCUT2D eigenvalue weighted by Gasteiger charge is -2.14. The van der Waals surface area contributed by atoms with E-state index in [-0.39, 0.29) is 0 Å². The molecule has 0 bridgehead atoms. The molecule has 5 nitrogen and oxygen atoms in total. The predicted molar refractivity (Wildman–Crippen MR) is 238 cm³/mol. The van der Waals surface area contributed by atoms with Crippen LogP contribution in [-0.2, 0) is 0 Å². The van der Waals surface area contributed by atoms with Gasteiger partial charge in [0.15, 0.2) is 11.6 Å². The van der Waals surface area contributed by atoms with Gasteiger partial charge in [-0.3, -0.25) is 4.57 Å². The first-order valence-corrected chi connectivity index (χ1v) is 19.5. The molecule has 0 saturated heterocycles. The van der Waals surface area contributed by atoms with Gasteiger partial charge in [0, 0.05) is 32.7 Å². The molecule has 0 aliphatic carbocycles. The summed E-state index contributed by atoms with van der Waals surface area (Å²) in [6, 6.07) is 68.0. The Morgan fingerprint density at radius 3 is 1.79 bits per heavy atom. The molecule has 0 saturated carbocycles. The molecule has 0 atom stereocenters. The number of nitrogens with zero attached hydrogens (tertiary/aromatic N) is 4. The van der Waals surface area contributed by atoms with Gasteiger partial charge in [-0.15, -0.1) is 0 Å². The average Bonchev–Trinajstić information content (AvgIpc) is 3.84. The first kappa shape index (κ1) is 32.4. The van der Waals surface area contributed by atoms with Gasteiger partial charge < -0.3 is 4.42 Å². The Hall–Kier alpha value is -7.89. The molecular formula is C53H32N4O. The zero-order chi connectivity index (χ0) is 38.2. The summed E-state index contributed by atoms with van der Waals surface area (Å²) in [4.78, 5) is 16.2. The van der Waals surface area contributed by atoms with E-state index in [4.69, 9.17) is 19.4 Å². The third kappa shape index (κ3) is 5.07. The van der Waals surface area contributed by atoms with Crippen molar-refractivity contribution < 1.29 is 4.42 Å². The Balaban J connectivity index is 1.14. The number of hydrogen-bond acceptors (Lipinski definition) is 4. The summed E-state index contributed by atoms with van der Waals surface area (Å²) in [7, 11) is 0. The number of hydrogen-bond donors (Lipinski definition) is 0. The van der Waals surface area contributed by atoms with E-state index in [1.54, 1.807) is 0 Å². The Morgan fingerprint density at radius 2 is 0.966 bits per heavy atom. The molecule has 0 radical (unpaired) electrons. The molecule has 0 spiro atoms. The van der Waals surface area contributed by atoms with E-state index in [0.29, 0.717) is 17.6 Å². The summed E-state index contributed by atoms with van der Waals surface area (Å²) in [6.45, 7) is 0. The molecule has 0 aliphatic heterocycles. The Labute approximate surface area is 333 Å². The fourth-order valence-corrected chi connectivity index (χ4v) is 8.76. The molecule has 12 aromatic rings. The normalized spacial score (nSPS) is 11.8. The van der Waals surface area contributed by atoms with Gasteiger partial charge in [-0.25, -0.2) is 4.98 Å². The van der Waals surface area contributed by atoms with Crippen molar-refractivity contribution in [3.05, 3.63) is 194 Å². The number of para-hydroxylation sites is 1. The van der Waals surface area contributed by atoms with Crippen LogP contribution in [0.25, 0.3) is 116 Å². The maximum atomic E-state index is 6.54. The first-order chi connectivity index (χ1) is 28.7. The van der Waals surface area contributed by atoms with Gasteiger partial charge >= 0.3 is 0 Å². The van der Waals surface area contributed by atoms with E-state index in [0.717, 1.165) is 71.4 Å². The van der Waals surface area contributed by atoms with Crippen LogP contribution < -0.4 is 0 Å². The van der Waals surface area contributed by atoms with E-state index in [1.165, 1.54) is 27.3 Å². The molecule has 12 rings (SSSR count). The molecule has 0 aliphatic rings. The third-order valence-electron chi connectivity index (χ3n) is 11.5. The van der Waals surface area contributed by atoms with Crippen molar-refractivity contribution in [2.45, 2.75) is 0 Å². The van der Waals surface area contributed by atoms with Crippen LogP contribution in [-0.4, -0.2) is 19.5 Å². The van der Waals surface area contributed by atoms with Crippen LogP contribution in [0.15, 0.2) is 199 Å². The summed E-state index contributed by atoms with van der Waals surface area (Å²) in [5.41, 5.74) is 9.94. The van der Waals surface area contributed by atoms with Crippen molar-refractivity contribution in [1.82, 2.24) is 19.5 Å². The van der Waals surface area contributed by atoms with E-state index in [2.05, 4.69) is 180 Å². The van der Waals surface area contributed by atoms with Gasteiger partial charge in [0.25, 0.3) is 0 Å². The fraction of sp³-hybridized carbons (Fsp3) is 0. The minimum absolute atomic E-state index is 0.547. The van der Waals surface area contributed by atoms with Crippen LogP contribution in [0.2, 0.25) is 0 Å². The monoisotopic (exact) mass is 740 g/mol. The van der Waals surface area contributed by atoms with Crippen LogP contribution in [0.4, 0.5) is 0 Å². The summed E-state index contributed by atoms with van der Waals surface area (Å²) in [5.74, 6) is 1.71. The summed E-state index contributed by atoms with van der Waals surface area (Å²) < 4.78 is 8.74. The standard InChI is InChI=1S/C53H32N4O/c1-2-13-33(14-3-1)34-25-27-36(28-26-34)39-18-8-9-20-41(39)51-54-52(43-22-12-24-47-50(43)44-31-37-16-4-5-17-38(37)32-48(44)58-47)56-53(55-51)57-45-23-11-10-21-42(45)49-40-19-7-6-15-35(40)29-30-46(49)57/h1-32H. The lowest BCUT2D eigenvalue weighted by atomic mass is 9.96. The van der Waals surface area contributed by atoms with E-state index in [9.17, 15) is 0 Å². The smallest absolute Gasteiger partial charge is 0.238 e. The molecule has 3 heterocycles. The highest BCUT2D eigenvalue weighted by molar-refractivity contribution is 6.21. The highest BCUT2D eigenvalue weighted by Gasteiger charge is 2.22. The minimum atomic E-state index is 0.547. The van der Waals surface area contributed by atoms with E-state index in [1.807, 2.05) is 18.2 Å². The second-order valence-electron chi connectivity index (χ2n) is 14.8. The quantitative estimate of drug-likeness (QED) is 0.176. The highest BCUT2D eigenvalue weighted by Crippen LogP contribution is 2.41. The van der Waals surface area contributed by atoms with Crippen LogP contribution in [0, 0.1) is 0 Å². The maximum Gasteiger partial charge on any atom is 0.238 e. The number of benzene rings is 9. The summed E-state index contributed by atoms with van der Waals surface area (Å²) >= 11 is 0. The van der Waals surface area contributed by atoms with Gasteiger partial charge in [0.1, 0.15) is 11.2 Å². The minimum Gasteiger partial charge on any atom is -0.456 e. The molecule has 5 heteroatoms. The maximum absolute atomic E-state index is 6.54. The zero-order valence-corrected chi connectivity index (χ0v) is 31.2. The van der Waals surface area contributed by atoms with Crippen LogP contribution in [0.3, 0.4) is 0 Å². The second-order valence-corrected chi connectivity index (χ2v) is 14.8. The predicted octanol–water partition coefficient (Wildman–Crippen LogP) is 13.8. The summed E-state index contributed by atoms with van der Waals surface area (Å²) in [5, 5.41) is 8.97. The van der Waals surface area contributed by atoms with Crippen LogP contribution >= 0.6 is 0 Å². The van der Waals surface area contributed by atoms with Crippen molar-refractivity contribution in [2.75, 3.05) is 0 Å². The van der Waals surface area contributed by atoms with Gasteiger partial charge in [-0.2, -0.15) is 9.97 Å². The van der Waals surface area contributed by atoms with E-state index < -0.39 is 0 Å². The SMILES string of the molecule is c1ccc(-c2ccc(-c3ccccc3-c3nc(-c4cccc5oc6cc7ccccc7cc6c45)nc(-n4c5ccccc5c5c6ccccc6ccc54)n3)cc2)cc1. The molecule has 0 amide bonds. The van der Waals surface area contributed by atoms with Crippen molar-refractivity contribution in [2.24, 2.45) is 0 Å².